The summed E-state index contributed by atoms with van der Waals surface area (Å²) in [6.07, 6.45) is 7.45. The molecule has 1 heteroatoms. The Balaban J connectivity index is 2.83. The molecule has 1 aromatic heterocycles. The van der Waals surface area contributed by atoms with Crippen LogP contribution in [0, 0.1) is 13.8 Å². The van der Waals surface area contributed by atoms with E-state index in [2.05, 4.69) is 38.7 Å². The molecule has 0 amide bonds. The molecule has 1 heterocycles. The molecule has 0 saturated heterocycles. The van der Waals surface area contributed by atoms with E-state index in [4.69, 9.17) is 0 Å². The van der Waals surface area contributed by atoms with Gasteiger partial charge >= 0.3 is 0 Å². The van der Waals surface area contributed by atoms with Crippen LogP contribution in [-0.2, 0) is 12.8 Å². The SMILES string of the molecule is CCCCc1cc(CCCC)c(C)nc1C. The van der Waals surface area contributed by atoms with Gasteiger partial charge in [0.25, 0.3) is 0 Å². The van der Waals surface area contributed by atoms with Gasteiger partial charge in [-0.1, -0.05) is 32.8 Å². The zero-order valence-electron chi connectivity index (χ0n) is 11.3. The van der Waals surface area contributed by atoms with Crippen LogP contribution in [0.4, 0.5) is 0 Å². The summed E-state index contributed by atoms with van der Waals surface area (Å²) in [4.78, 5) is 4.68. The van der Waals surface area contributed by atoms with Gasteiger partial charge in [0, 0.05) is 11.4 Å². The summed E-state index contributed by atoms with van der Waals surface area (Å²) in [5.74, 6) is 0. The average Bonchev–Trinajstić information content (AvgIpc) is 2.26. The van der Waals surface area contributed by atoms with Gasteiger partial charge in [0.05, 0.1) is 0 Å². The van der Waals surface area contributed by atoms with Crippen LogP contribution in [0.15, 0.2) is 6.07 Å². The number of hydrogen-bond donors (Lipinski definition) is 0. The summed E-state index contributed by atoms with van der Waals surface area (Å²) in [6, 6.07) is 2.39. The molecule has 0 aliphatic carbocycles. The van der Waals surface area contributed by atoms with Crippen molar-refractivity contribution in [2.45, 2.75) is 66.2 Å². The van der Waals surface area contributed by atoms with Gasteiger partial charge in [0.2, 0.25) is 0 Å². The molecular weight excluding hydrogens is 194 g/mol. The van der Waals surface area contributed by atoms with Crippen LogP contribution < -0.4 is 0 Å². The van der Waals surface area contributed by atoms with E-state index in [1.807, 2.05) is 0 Å². The summed E-state index contributed by atoms with van der Waals surface area (Å²) in [6.45, 7) is 8.77. The zero-order valence-corrected chi connectivity index (χ0v) is 11.3. The van der Waals surface area contributed by atoms with E-state index in [0.717, 1.165) is 0 Å². The van der Waals surface area contributed by atoms with Gasteiger partial charge < -0.3 is 0 Å². The highest BCUT2D eigenvalue weighted by Crippen LogP contribution is 2.16. The van der Waals surface area contributed by atoms with Crippen molar-refractivity contribution >= 4 is 0 Å². The van der Waals surface area contributed by atoms with Gasteiger partial charge in [-0.2, -0.15) is 0 Å². The lowest BCUT2D eigenvalue weighted by atomic mass is 10.0. The maximum Gasteiger partial charge on any atom is 0.0408 e. The number of hydrogen-bond acceptors (Lipinski definition) is 1. The molecular formula is C15H25N. The molecule has 16 heavy (non-hydrogen) atoms. The summed E-state index contributed by atoms with van der Waals surface area (Å²) < 4.78 is 0. The second kappa shape index (κ2) is 6.67. The first kappa shape index (κ1) is 13.2. The molecule has 0 unspecified atom stereocenters. The number of rotatable bonds is 6. The fourth-order valence-corrected chi connectivity index (χ4v) is 2.05. The summed E-state index contributed by atoms with van der Waals surface area (Å²) in [5.41, 5.74) is 5.37. The molecule has 0 aliphatic heterocycles. The Bertz CT molecular complexity index is 299. The van der Waals surface area contributed by atoms with E-state index >= 15 is 0 Å². The van der Waals surface area contributed by atoms with Crippen LogP contribution in [-0.4, -0.2) is 4.98 Å². The van der Waals surface area contributed by atoms with Crippen LogP contribution >= 0.6 is 0 Å². The number of aromatic nitrogens is 1. The van der Waals surface area contributed by atoms with Crippen molar-refractivity contribution in [1.82, 2.24) is 4.98 Å². The Labute approximate surface area is 100 Å². The normalized spacial score (nSPS) is 10.8. The maximum atomic E-state index is 4.68. The lowest BCUT2D eigenvalue weighted by Gasteiger charge is -2.11. The van der Waals surface area contributed by atoms with Crippen molar-refractivity contribution in [3.05, 3.63) is 28.6 Å². The van der Waals surface area contributed by atoms with Gasteiger partial charge in [-0.05, 0) is 50.7 Å². The molecule has 0 radical (unpaired) electrons. The van der Waals surface area contributed by atoms with E-state index in [9.17, 15) is 0 Å². The van der Waals surface area contributed by atoms with Crippen molar-refractivity contribution in [3.8, 4) is 0 Å². The Morgan fingerprint density at radius 2 is 1.31 bits per heavy atom. The van der Waals surface area contributed by atoms with E-state index in [-0.39, 0.29) is 0 Å². The average molecular weight is 219 g/mol. The van der Waals surface area contributed by atoms with Crippen LogP contribution in [0.5, 0.6) is 0 Å². The Hall–Kier alpha value is -0.850. The highest BCUT2D eigenvalue weighted by atomic mass is 14.7. The topological polar surface area (TPSA) is 12.9 Å². The molecule has 0 bridgehead atoms. The molecule has 1 nitrogen and oxygen atoms in total. The van der Waals surface area contributed by atoms with E-state index < -0.39 is 0 Å². The third-order valence-electron chi connectivity index (χ3n) is 3.21. The number of pyridine rings is 1. The Morgan fingerprint density at radius 3 is 1.69 bits per heavy atom. The molecule has 0 saturated carbocycles. The standard InChI is InChI=1S/C15H25N/c1-5-7-9-14-11-15(10-8-6-2)13(4)16-12(14)3/h11H,5-10H2,1-4H3. The van der Waals surface area contributed by atoms with Crippen molar-refractivity contribution in [3.63, 3.8) is 0 Å². The molecule has 0 aromatic carbocycles. The van der Waals surface area contributed by atoms with Gasteiger partial charge in [0.15, 0.2) is 0 Å². The van der Waals surface area contributed by atoms with Crippen LogP contribution in [0.3, 0.4) is 0 Å². The second-order valence-corrected chi connectivity index (χ2v) is 4.68. The minimum atomic E-state index is 1.19. The first-order valence-electron chi connectivity index (χ1n) is 6.65. The molecule has 0 aliphatic rings. The highest BCUT2D eigenvalue weighted by molar-refractivity contribution is 5.29. The summed E-state index contributed by atoms with van der Waals surface area (Å²) in [7, 11) is 0. The third kappa shape index (κ3) is 3.62. The quantitative estimate of drug-likeness (QED) is 0.691. The lowest BCUT2D eigenvalue weighted by Crippen LogP contribution is -2.01. The van der Waals surface area contributed by atoms with Gasteiger partial charge in [0.1, 0.15) is 0 Å². The van der Waals surface area contributed by atoms with Crippen molar-refractivity contribution in [2.24, 2.45) is 0 Å². The molecule has 0 fully saturated rings. The largest absolute Gasteiger partial charge is 0.258 e. The lowest BCUT2D eigenvalue weighted by molar-refractivity contribution is 0.764. The van der Waals surface area contributed by atoms with E-state index in [0.29, 0.717) is 0 Å². The Kier molecular flexibility index (Phi) is 5.51. The monoisotopic (exact) mass is 219 g/mol. The first-order valence-corrected chi connectivity index (χ1v) is 6.65. The van der Waals surface area contributed by atoms with Gasteiger partial charge in [-0.25, -0.2) is 0 Å². The summed E-state index contributed by atoms with van der Waals surface area (Å²) >= 11 is 0. The molecule has 90 valence electrons. The molecule has 0 atom stereocenters. The number of unbranched alkanes of at least 4 members (excludes halogenated alkanes) is 2. The smallest absolute Gasteiger partial charge is 0.0408 e. The van der Waals surface area contributed by atoms with Crippen molar-refractivity contribution in [2.75, 3.05) is 0 Å². The van der Waals surface area contributed by atoms with E-state index in [1.165, 1.54) is 61.0 Å². The maximum absolute atomic E-state index is 4.68. The minimum Gasteiger partial charge on any atom is -0.258 e. The fraction of sp³-hybridized carbons (Fsp3) is 0.667. The van der Waals surface area contributed by atoms with Crippen molar-refractivity contribution in [1.29, 1.82) is 0 Å². The highest BCUT2D eigenvalue weighted by Gasteiger charge is 2.05. The molecule has 0 spiro atoms. The predicted octanol–water partition coefficient (Wildman–Crippen LogP) is 4.38. The molecule has 1 rings (SSSR count). The van der Waals surface area contributed by atoms with E-state index in [1.54, 1.807) is 0 Å². The number of nitrogens with zero attached hydrogens (tertiary/aromatic N) is 1. The fourth-order valence-electron chi connectivity index (χ4n) is 2.05. The summed E-state index contributed by atoms with van der Waals surface area (Å²) in [5, 5.41) is 0. The second-order valence-electron chi connectivity index (χ2n) is 4.68. The van der Waals surface area contributed by atoms with Crippen LogP contribution in [0.25, 0.3) is 0 Å². The van der Waals surface area contributed by atoms with Crippen molar-refractivity contribution < 1.29 is 0 Å². The zero-order chi connectivity index (χ0) is 12.0. The predicted molar refractivity (Wildman–Crippen MR) is 70.9 cm³/mol. The van der Waals surface area contributed by atoms with Crippen LogP contribution in [0.2, 0.25) is 0 Å². The number of aryl methyl sites for hydroxylation is 4. The van der Waals surface area contributed by atoms with Crippen LogP contribution in [0.1, 0.15) is 62.0 Å². The first-order chi connectivity index (χ1) is 7.69. The van der Waals surface area contributed by atoms with Gasteiger partial charge in [-0.3, -0.25) is 4.98 Å². The molecule has 1 aromatic rings. The minimum absolute atomic E-state index is 1.19. The molecule has 0 N–H and O–H groups in total. The van der Waals surface area contributed by atoms with Gasteiger partial charge in [-0.15, -0.1) is 0 Å². The Morgan fingerprint density at radius 1 is 0.875 bits per heavy atom. The third-order valence-corrected chi connectivity index (χ3v) is 3.21.